The summed E-state index contributed by atoms with van der Waals surface area (Å²) in [6.45, 7) is 0. The van der Waals surface area contributed by atoms with Crippen molar-refractivity contribution in [1.29, 1.82) is 0 Å². The number of rotatable bonds is 6. The topological polar surface area (TPSA) is 49.3 Å². The Morgan fingerprint density at radius 2 is 1.86 bits per heavy atom. The van der Waals surface area contributed by atoms with Crippen molar-refractivity contribution in [3.8, 4) is 0 Å². The number of benzene rings is 2. The van der Waals surface area contributed by atoms with Crippen LogP contribution in [0.5, 0.6) is 0 Å². The van der Waals surface area contributed by atoms with E-state index in [0.717, 1.165) is 24.1 Å². The van der Waals surface area contributed by atoms with Crippen LogP contribution in [-0.4, -0.2) is 17.1 Å². The molecule has 1 fully saturated rings. The fourth-order valence-corrected chi connectivity index (χ4v) is 3.04. The van der Waals surface area contributed by atoms with E-state index >= 15 is 0 Å². The maximum absolute atomic E-state index is 10.6. The third-order valence-corrected chi connectivity index (χ3v) is 4.33. The number of carboxylic acid groups (broad SMARTS) is 1. The molecule has 3 rings (SSSR count). The molecule has 2 N–H and O–H groups in total. The Labute approximate surface area is 131 Å². The zero-order valence-electron chi connectivity index (χ0n) is 12.5. The first-order valence-electron chi connectivity index (χ1n) is 7.83. The summed E-state index contributed by atoms with van der Waals surface area (Å²) in [5, 5.41) is 12.3. The van der Waals surface area contributed by atoms with Gasteiger partial charge in [-0.2, -0.15) is 0 Å². The molecule has 2 aromatic carbocycles. The van der Waals surface area contributed by atoms with Gasteiger partial charge in [0.05, 0.1) is 0 Å². The summed E-state index contributed by atoms with van der Waals surface area (Å²) in [5.41, 5.74) is 3.60. The van der Waals surface area contributed by atoms with Crippen molar-refractivity contribution in [3.05, 3.63) is 65.7 Å². The van der Waals surface area contributed by atoms with Crippen molar-refractivity contribution in [3.63, 3.8) is 0 Å². The fourth-order valence-electron chi connectivity index (χ4n) is 3.04. The number of aryl methyl sites for hydroxylation is 1. The lowest BCUT2D eigenvalue weighted by Gasteiger charge is -2.37. The third-order valence-electron chi connectivity index (χ3n) is 4.33. The van der Waals surface area contributed by atoms with Gasteiger partial charge in [-0.15, -0.1) is 0 Å². The second-order valence-corrected chi connectivity index (χ2v) is 6.01. The van der Waals surface area contributed by atoms with Crippen LogP contribution in [0.2, 0.25) is 0 Å². The number of hydrogen-bond donors (Lipinski definition) is 2. The lowest BCUT2D eigenvalue weighted by atomic mass is 9.76. The molecule has 1 aliphatic rings. The third kappa shape index (κ3) is 3.67. The first-order valence-corrected chi connectivity index (χ1v) is 7.83. The first kappa shape index (κ1) is 14.6. The summed E-state index contributed by atoms with van der Waals surface area (Å²) in [4.78, 5) is 10.6. The smallest absolute Gasteiger partial charge is 0.303 e. The SMILES string of the molecule is O=C(O)CCc1cccc(NC2CC(c3ccccc3)C2)c1. The molecule has 1 saturated carbocycles. The number of nitrogens with one attached hydrogen (secondary N) is 1. The molecule has 0 heterocycles. The van der Waals surface area contributed by atoms with E-state index in [2.05, 4.69) is 47.8 Å². The normalized spacial score (nSPS) is 20.2. The van der Waals surface area contributed by atoms with Crippen molar-refractivity contribution < 1.29 is 9.90 Å². The molecule has 0 radical (unpaired) electrons. The highest BCUT2D eigenvalue weighted by Crippen LogP contribution is 2.38. The molecule has 0 spiro atoms. The molecular formula is C19H21NO2. The number of hydrogen-bond acceptors (Lipinski definition) is 2. The van der Waals surface area contributed by atoms with E-state index < -0.39 is 5.97 Å². The van der Waals surface area contributed by atoms with Crippen molar-refractivity contribution in [2.24, 2.45) is 0 Å². The minimum absolute atomic E-state index is 0.183. The summed E-state index contributed by atoms with van der Waals surface area (Å²) < 4.78 is 0. The minimum atomic E-state index is -0.747. The molecule has 1 aliphatic carbocycles. The van der Waals surface area contributed by atoms with Crippen molar-refractivity contribution in [2.75, 3.05) is 5.32 Å². The van der Waals surface area contributed by atoms with E-state index in [9.17, 15) is 4.79 Å². The summed E-state index contributed by atoms with van der Waals surface area (Å²) in [6, 6.07) is 19.3. The van der Waals surface area contributed by atoms with Gasteiger partial charge in [0, 0.05) is 18.2 Å². The quantitative estimate of drug-likeness (QED) is 0.845. The van der Waals surface area contributed by atoms with Crippen molar-refractivity contribution in [2.45, 2.75) is 37.6 Å². The summed E-state index contributed by atoms with van der Waals surface area (Å²) in [5.74, 6) is -0.0862. The Bertz CT molecular complexity index is 633. The molecule has 0 atom stereocenters. The molecule has 2 aromatic rings. The number of carboxylic acids is 1. The summed E-state index contributed by atoms with van der Waals surface area (Å²) in [6.07, 6.45) is 3.08. The van der Waals surface area contributed by atoms with Gasteiger partial charge in [0.25, 0.3) is 0 Å². The second kappa shape index (κ2) is 6.65. The minimum Gasteiger partial charge on any atom is -0.481 e. The van der Waals surface area contributed by atoms with Gasteiger partial charge in [-0.3, -0.25) is 4.79 Å². The Kier molecular flexibility index (Phi) is 4.42. The van der Waals surface area contributed by atoms with Gasteiger partial charge in [0.1, 0.15) is 0 Å². The molecule has 0 aromatic heterocycles. The maximum atomic E-state index is 10.6. The number of anilines is 1. The van der Waals surface area contributed by atoms with Crippen LogP contribution < -0.4 is 5.32 Å². The molecule has 0 amide bonds. The molecule has 114 valence electrons. The van der Waals surface area contributed by atoms with Crippen molar-refractivity contribution >= 4 is 11.7 Å². The molecule has 0 unspecified atom stereocenters. The van der Waals surface area contributed by atoms with E-state index in [1.807, 2.05) is 12.1 Å². The predicted molar refractivity (Wildman–Crippen MR) is 88.2 cm³/mol. The standard InChI is InChI=1S/C19H21NO2/c21-19(22)10-9-14-5-4-8-17(11-14)20-18-12-16(13-18)15-6-2-1-3-7-15/h1-8,11,16,18,20H,9-10,12-13H2,(H,21,22). The fraction of sp³-hybridized carbons (Fsp3) is 0.316. The monoisotopic (exact) mass is 295 g/mol. The highest BCUT2D eigenvalue weighted by molar-refractivity contribution is 5.67. The Balaban J connectivity index is 1.52. The molecule has 22 heavy (non-hydrogen) atoms. The van der Waals surface area contributed by atoms with E-state index in [-0.39, 0.29) is 6.42 Å². The van der Waals surface area contributed by atoms with Crippen LogP contribution >= 0.6 is 0 Å². The van der Waals surface area contributed by atoms with Crippen LogP contribution in [0.1, 0.15) is 36.3 Å². The van der Waals surface area contributed by atoms with Crippen LogP contribution in [0.4, 0.5) is 5.69 Å². The van der Waals surface area contributed by atoms with Gasteiger partial charge in [-0.25, -0.2) is 0 Å². The molecular weight excluding hydrogens is 274 g/mol. The average Bonchev–Trinajstić information content (AvgIpc) is 2.50. The molecule has 3 heteroatoms. The van der Waals surface area contributed by atoms with Crippen LogP contribution in [0, 0.1) is 0 Å². The van der Waals surface area contributed by atoms with Gasteiger partial charge in [-0.1, -0.05) is 42.5 Å². The van der Waals surface area contributed by atoms with Gasteiger partial charge in [-0.05, 0) is 48.4 Å². The van der Waals surface area contributed by atoms with Crippen LogP contribution in [0.25, 0.3) is 0 Å². The predicted octanol–water partition coefficient (Wildman–Crippen LogP) is 4.06. The lowest BCUT2D eigenvalue weighted by molar-refractivity contribution is -0.136. The second-order valence-electron chi connectivity index (χ2n) is 6.01. The number of aliphatic carboxylic acids is 1. The first-order chi connectivity index (χ1) is 10.7. The molecule has 0 bridgehead atoms. The largest absolute Gasteiger partial charge is 0.481 e. The Morgan fingerprint density at radius 3 is 2.59 bits per heavy atom. The maximum Gasteiger partial charge on any atom is 0.303 e. The Morgan fingerprint density at radius 1 is 1.09 bits per heavy atom. The molecule has 3 nitrogen and oxygen atoms in total. The van der Waals surface area contributed by atoms with Gasteiger partial charge < -0.3 is 10.4 Å². The molecule has 0 saturated heterocycles. The number of carbonyl (C=O) groups is 1. The Hall–Kier alpha value is -2.29. The van der Waals surface area contributed by atoms with Crippen LogP contribution in [0.15, 0.2) is 54.6 Å². The summed E-state index contributed by atoms with van der Waals surface area (Å²) in [7, 11) is 0. The highest BCUT2D eigenvalue weighted by atomic mass is 16.4. The van der Waals surface area contributed by atoms with Crippen LogP contribution in [-0.2, 0) is 11.2 Å². The zero-order valence-corrected chi connectivity index (χ0v) is 12.5. The van der Waals surface area contributed by atoms with Gasteiger partial charge in [0.2, 0.25) is 0 Å². The van der Waals surface area contributed by atoms with E-state index in [4.69, 9.17) is 5.11 Å². The van der Waals surface area contributed by atoms with Crippen molar-refractivity contribution in [1.82, 2.24) is 0 Å². The molecule has 0 aliphatic heterocycles. The lowest BCUT2D eigenvalue weighted by Crippen LogP contribution is -2.33. The van der Waals surface area contributed by atoms with E-state index in [1.165, 1.54) is 5.56 Å². The van der Waals surface area contributed by atoms with Gasteiger partial charge >= 0.3 is 5.97 Å². The summed E-state index contributed by atoms with van der Waals surface area (Å²) >= 11 is 0. The van der Waals surface area contributed by atoms with Crippen LogP contribution in [0.3, 0.4) is 0 Å². The highest BCUT2D eigenvalue weighted by Gasteiger charge is 2.29. The zero-order chi connectivity index (χ0) is 15.4. The van der Waals surface area contributed by atoms with E-state index in [0.29, 0.717) is 18.4 Å². The van der Waals surface area contributed by atoms with Gasteiger partial charge in [0.15, 0.2) is 0 Å². The average molecular weight is 295 g/mol. The van der Waals surface area contributed by atoms with E-state index in [1.54, 1.807) is 0 Å².